The summed E-state index contributed by atoms with van der Waals surface area (Å²) in [5.41, 5.74) is 4.86. The van der Waals surface area contributed by atoms with E-state index in [0.717, 1.165) is 43.6 Å². The van der Waals surface area contributed by atoms with Crippen LogP contribution in [0.2, 0.25) is 0 Å². The highest BCUT2D eigenvalue weighted by Crippen LogP contribution is 2.46. The summed E-state index contributed by atoms with van der Waals surface area (Å²) in [7, 11) is 0. The number of hydrogen-bond acceptors (Lipinski definition) is 4. The topological polar surface area (TPSA) is 32.8 Å². The van der Waals surface area contributed by atoms with E-state index < -0.39 is 11.2 Å². The highest BCUT2D eigenvalue weighted by molar-refractivity contribution is 7.91. The molecule has 2 heterocycles. The Morgan fingerprint density at radius 1 is 0.912 bits per heavy atom. The van der Waals surface area contributed by atoms with Gasteiger partial charge < -0.3 is 14.4 Å². The van der Waals surface area contributed by atoms with E-state index in [1.54, 1.807) is 5.56 Å². The minimum atomic E-state index is -0.626. The number of anilines is 2. The van der Waals surface area contributed by atoms with Crippen LogP contribution in [0.1, 0.15) is 77.7 Å². The summed E-state index contributed by atoms with van der Waals surface area (Å²) in [5.74, 6) is 3.15. The molecule has 1 aromatic carbocycles. The van der Waals surface area contributed by atoms with E-state index in [1.165, 1.54) is 69.5 Å². The van der Waals surface area contributed by atoms with Crippen molar-refractivity contribution in [3.05, 3.63) is 23.8 Å². The Bertz CT molecular complexity index is 747. The van der Waals surface area contributed by atoms with E-state index in [9.17, 15) is 4.55 Å². The average molecular weight is 510 g/mol. The van der Waals surface area contributed by atoms with E-state index in [1.807, 2.05) is 0 Å². The molecule has 0 N–H and O–H groups in total. The Hall–Kier alpha value is -0.620. The van der Waals surface area contributed by atoms with Gasteiger partial charge in [0.2, 0.25) is 0 Å². The molecule has 2 aliphatic heterocycles. The summed E-state index contributed by atoms with van der Waals surface area (Å²) in [5, 5.41) is 0. The molecule has 2 saturated heterocycles. The van der Waals surface area contributed by atoms with Gasteiger partial charge >= 0.3 is 0 Å². The normalized spacial score (nSPS) is 25.3. The third-order valence-electron chi connectivity index (χ3n) is 8.49. The number of unbranched alkanes of at least 4 members (excludes halogenated alkanes) is 1. The molecular formula is C28H48ClN3OS. The Balaban J connectivity index is 0.00000324. The zero-order valence-electron chi connectivity index (χ0n) is 22.1. The van der Waals surface area contributed by atoms with Crippen LogP contribution in [0.25, 0.3) is 0 Å². The van der Waals surface area contributed by atoms with Crippen molar-refractivity contribution in [1.82, 2.24) is 4.90 Å². The van der Waals surface area contributed by atoms with Crippen LogP contribution in [-0.2, 0) is 11.2 Å². The third-order valence-corrected chi connectivity index (χ3v) is 9.76. The highest BCUT2D eigenvalue weighted by atomic mass is 35.5. The fourth-order valence-corrected chi connectivity index (χ4v) is 7.17. The molecule has 34 heavy (non-hydrogen) atoms. The average Bonchev–Trinajstić information content (AvgIpc) is 2.83. The number of nitrogens with zero attached hydrogens (tertiary/aromatic N) is 3. The van der Waals surface area contributed by atoms with Gasteiger partial charge in [0, 0.05) is 37.6 Å². The summed E-state index contributed by atoms with van der Waals surface area (Å²) in [6.45, 7) is 17.3. The molecule has 3 fully saturated rings. The number of hydrogen-bond donors (Lipinski definition) is 0. The van der Waals surface area contributed by atoms with Crippen molar-refractivity contribution in [3.8, 4) is 0 Å². The molecule has 1 aromatic rings. The van der Waals surface area contributed by atoms with Crippen molar-refractivity contribution < 1.29 is 4.55 Å². The maximum Gasteiger partial charge on any atom is 0.123 e. The Morgan fingerprint density at radius 3 is 2.15 bits per heavy atom. The third kappa shape index (κ3) is 6.99. The molecule has 0 radical (unpaired) electrons. The van der Waals surface area contributed by atoms with Crippen molar-refractivity contribution in [1.29, 1.82) is 0 Å². The first-order valence-corrected chi connectivity index (χ1v) is 15.0. The van der Waals surface area contributed by atoms with Crippen LogP contribution in [0, 0.1) is 11.3 Å². The van der Waals surface area contributed by atoms with Crippen molar-refractivity contribution >= 4 is 35.0 Å². The monoisotopic (exact) mass is 509 g/mol. The van der Waals surface area contributed by atoms with Gasteiger partial charge in [0.15, 0.2) is 0 Å². The molecule has 0 amide bonds. The first kappa shape index (κ1) is 28.0. The van der Waals surface area contributed by atoms with Gasteiger partial charge in [-0.3, -0.25) is 4.90 Å². The number of halogens is 1. The summed E-state index contributed by atoms with van der Waals surface area (Å²) in [6.07, 6.45) is 7.94. The molecule has 4 rings (SSSR count). The van der Waals surface area contributed by atoms with Gasteiger partial charge in [-0.2, -0.15) is 0 Å². The van der Waals surface area contributed by atoms with E-state index in [0.29, 0.717) is 11.3 Å². The zero-order chi connectivity index (χ0) is 23.4. The molecule has 0 unspecified atom stereocenters. The summed E-state index contributed by atoms with van der Waals surface area (Å²) < 4.78 is 11.9. The minimum Gasteiger partial charge on any atom is -0.616 e. The Kier molecular flexibility index (Phi) is 10.3. The van der Waals surface area contributed by atoms with Gasteiger partial charge in [-0.05, 0) is 79.7 Å². The lowest BCUT2D eigenvalue weighted by atomic mass is 9.68. The predicted molar refractivity (Wildman–Crippen MR) is 151 cm³/mol. The van der Waals surface area contributed by atoms with Crippen LogP contribution in [0.5, 0.6) is 0 Å². The maximum atomic E-state index is 11.9. The van der Waals surface area contributed by atoms with Crippen LogP contribution in [-0.4, -0.2) is 66.8 Å². The molecule has 0 atom stereocenters. The molecule has 0 spiro atoms. The first-order chi connectivity index (χ1) is 15.8. The second-order valence-electron chi connectivity index (χ2n) is 11.7. The largest absolute Gasteiger partial charge is 0.616 e. The lowest BCUT2D eigenvalue weighted by Gasteiger charge is -2.41. The van der Waals surface area contributed by atoms with Crippen molar-refractivity contribution in [2.24, 2.45) is 11.3 Å². The quantitative estimate of drug-likeness (QED) is 0.445. The molecule has 4 nitrogen and oxygen atoms in total. The SMILES string of the molecule is CCCCN1CCN(c2ccc(N3CC[S+]([O-])CC3)cc2C2CCC(C(C)(C)C)CC2)CC1.Cl. The van der Waals surface area contributed by atoms with Crippen molar-refractivity contribution in [3.63, 3.8) is 0 Å². The number of rotatable bonds is 6. The fraction of sp³-hybridized carbons (Fsp3) is 0.786. The second kappa shape index (κ2) is 12.6. The standard InChI is InChI=1S/C28H47N3OS.ClH/c1-5-6-13-29-14-16-31(17-15-29)27-12-11-25(30-18-20-33(32)21-19-30)22-26(27)23-7-9-24(10-8-23)28(2,3)4;/h11-12,22-24H,5-10,13-21H2,1-4H3;1H. The van der Waals surface area contributed by atoms with Crippen LogP contribution >= 0.6 is 12.4 Å². The molecule has 194 valence electrons. The predicted octanol–water partition coefficient (Wildman–Crippen LogP) is 5.92. The summed E-state index contributed by atoms with van der Waals surface area (Å²) >= 11 is -0.626. The summed E-state index contributed by atoms with van der Waals surface area (Å²) in [6, 6.07) is 7.29. The van der Waals surface area contributed by atoms with E-state index >= 15 is 0 Å². The highest BCUT2D eigenvalue weighted by Gasteiger charge is 2.32. The van der Waals surface area contributed by atoms with Crippen LogP contribution < -0.4 is 9.80 Å². The van der Waals surface area contributed by atoms with Gasteiger partial charge in [-0.25, -0.2) is 0 Å². The Morgan fingerprint density at radius 2 is 1.56 bits per heavy atom. The number of piperazine rings is 1. The fourth-order valence-electron chi connectivity index (χ4n) is 6.11. The van der Waals surface area contributed by atoms with Crippen molar-refractivity contribution in [2.75, 3.05) is 67.1 Å². The molecule has 0 aromatic heterocycles. The number of benzene rings is 1. The maximum absolute atomic E-state index is 11.9. The molecule has 3 aliphatic rings. The van der Waals surface area contributed by atoms with Crippen molar-refractivity contribution in [2.45, 2.75) is 72.1 Å². The van der Waals surface area contributed by atoms with Gasteiger partial charge in [0.05, 0.1) is 13.1 Å². The van der Waals surface area contributed by atoms with E-state index in [-0.39, 0.29) is 12.4 Å². The second-order valence-corrected chi connectivity index (χ2v) is 13.4. The molecular weight excluding hydrogens is 462 g/mol. The van der Waals surface area contributed by atoms with Gasteiger partial charge in [0.1, 0.15) is 11.5 Å². The zero-order valence-corrected chi connectivity index (χ0v) is 23.7. The lowest BCUT2D eigenvalue weighted by Crippen LogP contribution is -2.47. The van der Waals surface area contributed by atoms with Gasteiger partial charge in [0.25, 0.3) is 0 Å². The van der Waals surface area contributed by atoms with E-state index in [4.69, 9.17) is 0 Å². The van der Waals surface area contributed by atoms with Gasteiger partial charge in [-0.1, -0.05) is 45.3 Å². The van der Waals surface area contributed by atoms with Crippen LogP contribution in [0.15, 0.2) is 18.2 Å². The molecule has 1 aliphatic carbocycles. The van der Waals surface area contributed by atoms with E-state index in [2.05, 4.69) is 60.6 Å². The molecule has 0 bridgehead atoms. The van der Waals surface area contributed by atoms with Crippen LogP contribution in [0.4, 0.5) is 11.4 Å². The smallest absolute Gasteiger partial charge is 0.123 e. The molecule has 1 saturated carbocycles. The molecule has 6 heteroatoms. The first-order valence-electron chi connectivity index (χ1n) is 13.6. The summed E-state index contributed by atoms with van der Waals surface area (Å²) in [4.78, 5) is 7.79. The van der Waals surface area contributed by atoms with Crippen LogP contribution in [0.3, 0.4) is 0 Å². The minimum absolute atomic E-state index is 0. The van der Waals surface area contributed by atoms with Gasteiger partial charge in [-0.15, -0.1) is 12.4 Å². The Labute approximate surface area is 218 Å². The lowest BCUT2D eigenvalue weighted by molar-refractivity contribution is 0.169.